The summed E-state index contributed by atoms with van der Waals surface area (Å²) in [5.41, 5.74) is 0. The van der Waals surface area contributed by atoms with Crippen molar-refractivity contribution in [3.8, 4) is 0 Å². The lowest BCUT2D eigenvalue weighted by atomic mass is 10.1. The van der Waals surface area contributed by atoms with Crippen molar-refractivity contribution in [3.63, 3.8) is 0 Å². The summed E-state index contributed by atoms with van der Waals surface area (Å²) in [5.74, 6) is 1.16. The highest BCUT2D eigenvalue weighted by molar-refractivity contribution is 14.0. The van der Waals surface area contributed by atoms with Crippen LogP contribution in [0, 0.1) is 0 Å². The summed E-state index contributed by atoms with van der Waals surface area (Å²) in [6.45, 7) is 1.73. The highest BCUT2D eigenvalue weighted by atomic mass is 127. The highest BCUT2D eigenvalue weighted by Gasteiger charge is 2.21. The van der Waals surface area contributed by atoms with Crippen LogP contribution in [0.5, 0.6) is 0 Å². The molecule has 0 radical (unpaired) electrons. The minimum Gasteiger partial charge on any atom is -0.355 e. The third-order valence-electron chi connectivity index (χ3n) is 4.13. The van der Waals surface area contributed by atoms with Gasteiger partial charge in [0, 0.05) is 43.4 Å². The van der Waals surface area contributed by atoms with Gasteiger partial charge in [0.1, 0.15) is 0 Å². The molecule has 1 heterocycles. The quantitative estimate of drug-likeness (QED) is 0.343. The molecule has 9 heteroatoms. The second-order valence-corrected chi connectivity index (χ2v) is 7.54. The smallest absolute Gasteiger partial charge is 0.251 e. The molecule has 2 rings (SSSR count). The first-order valence-electron chi connectivity index (χ1n) is 8.49. The van der Waals surface area contributed by atoms with E-state index in [-0.39, 0.29) is 36.6 Å². The van der Waals surface area contributed by atoms with Crippen LogP contribution in [0.25, 0.3) is 0 Å². The molecule has 1 aromatic rings. The number of rotatable bonds is 7. The molecule has 1 aliphatic rings. The van der Waals surface area contributed by atoms with Crippen molar-refractivity contribution in [2.75, 3.05) is 39.0 Å². The number of nitrogens with one attached hydrogen (secondary N) is 2. The lowest BCUT2D eigenvalue weighted by molar-refractivity contribution is 0.0744. The monoisotopic (exact) mass is 500 g/mol. The van der Waals surface area contributed by atoms with Gasteiger partial charge in [0.25, 0.3) is 6.43 Å². The predicted molar refractivity (Wildman–Crippen MR) is 113 cm³/mol. The van der Waals surface area contributed by atoms with Crippen LogP contribution in [0.2, 0.25) is 0 Å². The summed E-state index contributed by atoms with van der Waals surface area (Å²) in [7, 11) is 0.648. The Balaban J connectivity index is 0.00000338. The van der Waals surface area contributed by atoms with Crippen molar-refractivity contribution >= 4 is 40.7 Å². The van der Waals surface area contributed by atoms with Gasteiger partial charge in [-0.2, -0.15) is 0 Å². The zero-order chi connectivity index (χ0) is 18.1. The Morgan fingerprint density at radius 1 is 1.31 bits per heavy atom. The van der Waals surface area contributed by atoms with Crippen molar-refractivity contribution in [2.24, 2.45) is 4.99 Å². The number of hydrogen-bond acceptors (Lipinski definition) is 3. The standard InChI is InChI=1S/C17H26F2N4OS.HI/c1-20-17(21-9-12-25(24)15-5-3-2-4-6-15)22-14-7-10-23(11-8-14)13-16(18)19;/h2-6,14,16H,7-13H2,1H3,(H2,20,21,22);1H. The molecule has 0 aromatic heterocycles. The number of benzene rings is 1. The van der Waals surface area contributed by atoms with Crippen LogP contribution in [-0.4, -0.2) is 66.5 Å². The largest absolute Gasteiger partial charge is 0.355 e. The van der Waals surface area contributed by atoms with E-state index in [1.165, 1.54) is 0 Å². The second kappa shape index (κ2) is 12.6. The van der Waals surface area contributed by atoms with Gasteiger partial charge in [0.2, 0.25) is 0 Å². The maximum atomic E-state index is 12.4. The van der Waals surface area contributed by atoms with E-state index in [1.54, 1.807) is 11.9 Å². The van der Waals surface area contributed by atoms with Crippen LogP contribution in [-0.2, 0) is 10.8 Å². The van der Waals surface area contributed by atoms with E-state index < -0.39 is 17.2 Å². The van der Waals surface area contributed by atoms with Crippen molar-refractivity contribution < 1.29 is 13.0 Å². The number of hydrogen-bond donors (Lipinski definition) is 2. The molecular formula is C17H27F2IN4OS. The third kappa shape index (κ3) is 8.26. The van der Waals surface area contributed by atoms with Crippen molar-refractivity contribution in [1.29, 1.82) is 0 Å². The predicted octanol–water partition coefficient (Wildman–Crippen LogP) is 2.31. The van der Waals surface area contributed by atoms with Gasteiger partial charge in [0.05, 0.1) is 17.3 Å². The van der Waals surface area contributed by atoms with E-state index in [9.17, 15) is 13.0 Å². The van der Waals surface area contributed by atoms with Crippen molar-refractivity contribution in [1.82, 2.24) is 15.5 Å². The van der Waals surface area contributed by atoms with Gasteiger partial charge < -0.3 is 10.6 Å². The first-order chi connectivity index (χ1) is 12.1. The average molecular weight is 500 g/mol. The number of alkyl halides is 2. The van der Waals surface area contributed by atoms with E-state index in [2.05, 4.69) is 15.6 Å². The summed E-state index contributed by atoms with van der Waals surface area (Å²) in [4.78, 5) is 6.79. The van der Waals surface area contributed by atoms with E-state index in [4.69, 9.17) is 0 Å². The number of guanidine groups is 1. The van der Waals surface area contributed by atoms with E-state index in [1.807, 2.05) is 30.3 Å². The Bertz CT molecular complexity index is 569. The highest BCUT2D eigenvalue weighted by Crippen LogP contribution is 2.11. The maximum absolute atomic E-state index is 12.4. The Morgan fingerprint density at radius 2 is 1.96 bits per heavy atom. The molecular weight excluding hydrogens is 473 g/mol. The zero-order valence-electron chi connectivity index (χ0n) is 14.9. The molecule has 1 aliphatic heterocycles. The molecule has 1 saturated heterocycles. The van der Waals surface area contributed by atoms with Gasteiger partial charge in [-0.05, 0) is 25.0 Å². The lowest BCUT2D eigenvalue weighted by Gasteiger charge is -2.32. The fraction of sp³-hybridized carbons (Fsp3) is 0.588. The van der Waals surface area contributed by atoms with Crippen molar-refractivity contribution in [2.45, 2.75) is 30.2 Å². The molecule has 26 heavy (non-hydrogen) atoms. The van der Waals surface area contributed by atoms with E-state index >= 15 is 0 Å². The number of likely N-dealkylation sites (tertiary alicyclic amines) is 1. The first-order valence-corrected chi connectivity index (χ1v) is 9.81. The molecule has 2 N–H and O–H groups in total. The summed E-state index contributed by atoms with van der Waals surface area (Å²) >= 11 is 0. The Kier molecular flexibility index (Phi) is 11.2. The van der Waals surface area contributed by atoms with E-state index in [0.29, 0.717) is 31.3 Å². The summed E-state index contributed by atoms with van der Waals surface area (Å²) < 4.78 is 37.0. The number of piperidine rings is 1. The minimum atomic E-state index is -2.27. The molecule has 0 saturated carbocycles. The third-order valence-corrected chi connectivity index (χ3v) is 5.51. The van der Waals surface area contributed by atoms with Crippen molar-refractivity contribution in [3.05, 3.63) is 30.3 Å². The summed E-state index contributed by atoms with van der Waals surface area (Å²) in [5, 5.41) is 6.49. The molecule has 1 aromatic carbocycles. The molecule has 0 spiro atoms. The molecule has 1 fully saturated rings. The van der Waals surface area contributed by atoms with Gasteiger partial charge in [0.15, 0.2) is 5.96 Å². The normalized spacial score (nSPS) is 17.6. The second-order valence-electron chi connectivity index (χ2n) is 5.97. The summed E-state index contributed by atoms with van der Waals surface area (Å²) in [6, 6.07) is 9.59. The van der Waals surface area contributed by atoms with Crippen LogP contribution >= 0.6 is 24.0 Å². The molecule has 5 nitrogen and oxygen atoms in total. The maximum Gasteiger partial charge on any atom is 0.251 e. The number of nitrogens with zero attached hydrogens (tertiary/aromatic N) is 2. The van der Waals surface area contributed by atoms with Gasteiger partial charge in [-0.25, -0.2) is 8.78 Å². The number of aliphatic imine (C=N–C) groups is 1. The molecule has 148 valence electrons. The number of halogens is 3. The lowest BCUT2D eigenvalue weighted by Crippen LogP contribution is -2.49. The van der Waals surface area contributed by atoms with Gasteiger partial charge in [-0.1, -0.05) is 18.2 Å². The van der Waals surface area contributed by atoms with Crippen LogP contribution in [0.1, 0.15) is 12.8 Å². The Hall–Kier alpha value is -0.810. The fourth-order valence-corrected chi connectivity index (χ4v) is 3.78. The zero-order valence-corrected chi connectivity index (χ0v) is 18.0. The van der Waals surface area contributed by atoms with Gasteiger partial charge >= 0.3 is 0 Å². The van der Waals surface area contributed by atoms with Crippen LogP contribution in [0.4, 0.5) is 8.78 Å². The minimum absolute atomic E-state index is 0. The van der Waals surface area contributed by atoms with Crippen LogP contribution in [0.15, 0.2) is 40.2 Å². The molecule has 0 amide bonds. The van der Waals surface area contributed by atoms with Crippen LogP contribution < -0.4 is 10.6 Å². The van der Waals surface area contributed by atoms with Gasteiger partial charge in [-0.15, -0.1) is 24.0 Å². The molecule has 0 aliphatic carbocycles. The van der Waals surface area contributed by atoms with E-state index in [0.717, 1.165) is 17.7 Å². The van der Waals surface area contributed by atoms with Crippen LogP contribution in [0.3, 0.4) is 0 Å². The Morgan fingerprint density at radius 3 is 2.54 bits per heavy atom. The molecule has 0 bridgehead atoms. The molecule has 1 unspecified atom stereocenters. The topological polar surface area (TPSA) is 56.7 Å². The SMILES string of the molecule is CN=C(NCCS(=O)c1ccccc1)NC1CCN(CC(F)F)CC1.I. The average Bonchev–Trinajstić information content (AvgIpc) is 2.62. The van der Waals surface area contributed by atoms with Gasteiger partial charge in [-0.3, -0.25) is 14.1 Å². The molecule has 1 atom stereocenters. The summed E-state index contributed by atoms with van der Waals surface area (Å²) in [6.07, 6.45) is -0.656. The Labute approximate surface area is 173 Å². The fourth-order valence-electron chi connectivity index (χ4n) is 2.80. The first kappa shape index (κ1) is 23.2.